The average molecular weight is 497 g/mol. The second kappa shape index (κ2) is 11.8. The number of nitrogens with zero attached hydrogens (tertiary/aromatic N) is 4. The molecule has 1 fully saturated rings. The van der Waals surface area contributed by atoms with Crippen LogP contribution in [0.2, 0.25) is 0 Å². The van der Waals surface area contributed by atoms with E-state index in [1.54, 1.807) is 6.20 Å². The fraction of sp³-hybridized carbons (Fsp3) is 0.310. The van der Waals surface area contributed by atoms with Gasteiger partial charge in [-0.2, -0.15) is 0 Å². The van der Waals surface area contributed by atoms with Crippen molar-refractivity contribution in [2.75, 3.05) is 31.6 Å². The number of piperidine rings is 1. The van der Waals surface area contributed by atoms with Gasteiger partial charge in [-0.25, -0.2) is 9.97 Å². The van der Waals surface area contributed by atoms with Crippen LogP contribution in [0.1, 0.15) is 46.8 Å². The van der Waals surface area contributed by atoms with Crippen LogP contribution < -0.4 is 10.1 Å². The van der Waals surface area contributed by atoms with Crippen molar-refractivity contribution in [1.29, 1.82) is 0 Å². The summed E-state index contributed by atoms with van der Waals surface area (Å²) in [7, 11) is 0. The summed E-state index contributed by atoms with van der Waals surface area (Å²) in [6, 6.07) is 19.8. The lowest BCUT2D eigenvalue weighted by Gasteiger charge is -2.26. The first-order valence-electron chi connectivity index (χ1n) is 12.8. The van der Waals surface area contributed by atoms with E-state index in [4.69, 9.17) is 4.74 Å². The van der Waals surface area contributed by atoms with Gasteiger partial charge in [0.15, 0.2) is 0 Å². The molecule has 2 aromatic heterocycles. The summed E-state index contributed by atoms with van der Waals surface area (Å²) in [5.41, 5.74) is 4.19. The Morgan fingerprint density at radius 1 is 1.05 bits per heavy atom. The molecule has 0 unspecified atom stereocenters. The molecule has 1 saturated heterocycles. The number of aromatic amines is 1. The van der Waals surface area contributed by atoms with Gasteiger partial charge in [-0.3, -0.25) is 14.8 Å². The Morgan fingerprint density at radius 3 is 2.73 bits per heavy atom. The molecule has 5 rings (SSSR count). The number of pyridine rings is 1. The number of nitrogens with one attached hydrogen (secondary N) is 2. The van der Waals surface area contributed by atoms with E-state index < -0.39 is 5.91 Å². The van der Waals surface area contributed by atoms with E-state index in [0.29, 0.717) is 24.7 Å². The van der Waals surface area contributed by atoms with Crippen molar-refractivity contribution in [2.45, 2.75) is 32.6 Å². The third-order valence-corrected chi connectivity index (χ3v) is 6.60. The van der Waals surface area contributed by atoms with Gasteiger partial charge in [-0.15, -0.1) is 5.10 Å². The number of hydrogen-bond donors (Lipinski definition) is 2. The Labute approximate surface area is 217 Å². The maximum absolute atomic E-state index is 12.8. The van der Waals surface area contributed by atoms with Crippen LogP contribution in [0.15, 0.2) is 66.9 Å². The molecule has 0 saturated carbocycles. The lowest BCUT2D eigenvalue weighted by molar-refractivity contribution is 0.101. The van der Waals surface area contributed by atoms with Gasteiger partial charge in [-0.1, -0.05) is 42.8 Å². The Bertz CT molecular complexity index is 1330. The van der Waals surface area contributed by atoms with E-state index in [9.17, 15) is 4.79 Å². The van der Waals surface area contributed by atoms with Crippen LogP contribution in [0.3, 0.4) is 0 Å². The van der Waals surface area contributed by atoms with Gasteiger partial charge >= 0.3 is 0 Å². The van der Waals surface area contributed by atoms with Gasteiger partial charge in [0.05, 0.1) is 0 Å². The van der Waals surface area contributed by atoms with Gasteiger partial charge in [0, 0.05) is 19.2 Å². The molecule has 8 heteroatoms. The van der Waals surface area contributed by atoms with E-state index in [-0.39, 0.29) is 5.82 Å². The average Bonchev–Trinajstić information content (AvgIpc) is 3.40. The lowest BCUT2D eigenvalue weighted by atomic mass is 10.0. The minimum atomic E-state index is -0.410. The molecule has 1 aliphatic rings. The second-order valence-electron chi connectivity index (χ2n) is 9.38. The fourth-order valence-corrected chi connectivity index (χ4v) is 4.58. The largest absolute Gasteiger partial charge is 0.492 e. The molecule has 2 N–H and O–H groups in total. The molecule has 0 aliphatic carbocycles. The molecule has 1 aliphatic heterocycles. The summed E-state index contributed by atoms with van der Waals surface area (Å²) in [5.74, 6) is 1.58. The van der Waals surface area contributed by atoms with Crippen LogP contribution in [0.5, 0.6) is 5.75 Å². The summed E-state index contributed by atoms with van der Waals surface area (Å²) in [6.45, 7) is 6.01. The van der Waals surface area contributed by atoms with Gasteiger partial charge in [-0.05, 0) is 79.4 Å². The fourth-order valence-electron chi connectivity index (χ4n) is 4.58. The molecule has 0 atom stereocenters. The Hall–Kier alpha value is -4.04. The SMILES string of the molecule is Cc1ccc(OCCN2CCCCC2)cc1-c1ccnc(NC(=O)c2n[nH]c(Cc3ccccc3)n2)c1. The van der Waals surface area contributed by atoms with Crippen molar-refractivity contribution >= 4 is 11.7 Å². The maximum Gasteiger partial charge on any atom is 0.296 e. The van der Waals surface area contributed by atoms with Gasteiger partial charge in [0.25, 0.3) is 5.91 Å². The highest BCUT2D eigenvalue weighted by atomic mass is 16.5. The highest BCUT2D eigenvalue weighted by molar-refractivity contribution is 6.01. The van der Waals surface area contributed by atoms with E-state index in [1.165, 1.54) is 19.3 Å². The van der Waals surface area contributed by atoms with Crippen molar-refractivity contribution in [2.24, 2.45) is 0 Å². The number of carbonyl (C=O) groups is 1. The zero-order valence-electron chi connectivity index (χ0n) is 21.1. The number of ether oxygens (including phenoxy) is 1. The molecule has 8 nitrogen and oxygen atoms in total. The van der Waals surface area contributed by atoms with Gasteiger partial charge in [0.1, 0.15) is 24.0 Å². The van der Waals surface area contributed by atoms with E-state index in [2.05, 4.69) is 49.4 Å². The van der Waals surface area contributed by atoms with Gasteiger partial charge in [0.2, 0.25) is 5.82 Å². The van der Waals surface area contributed by atoms with Crippen molar-refractivity contribution in [3.8, 4) is 16.9 Å². The number of H-pyrrole nitrogens is 1. The predicted molar refractivity (Wildman–Crippen MR) is 144 cm³/mol. The number of carbonyl (C=O) groups excluding carboxylic acids is 1. The maximum atomic E-state index is 12.8. The second-order valence-corrected chi connectivity index (χ2v) is 9.38. The molecular weight excluding hydrogens is 464 g/mol. The third-order valence-electron chi connectivity index (χ3n) is 6.60. The molecule has 0 bridgehead atoms. The van der Waals surface area contributed by atoms with Gasteiger partial charge < -0.3 is 10.1 Å². The van der Waals surface area contributed by atoms with E-state index in [1.807, 2.05) is 48.5 Å². The van der Waals surface area contributed by atoms with Crippen molar-refractivity contribution in [3.05, 3.63) is 89.6 Å². The smallest absolute Gasteiger partial charge is 0.296 e. The molecule has 2 aromatic carbocycles. The van der Waals surface area contributed by atoms with E-state index >= 15 is 0 Å². The first-order chi connectivity index (χ1) is 18.1. The number of anilines is 1. The Morgan fingerprint density at radius 2 is 1.89 bits per heavy atom. The zero-order chi connectivity index (χ0) is 25.5. The highest BCUT2D eigenvalue weighted by Crippen LogP contribution is 2.29. The van der Waals surface area contributed by atoms with Crippen molar-refractivity contribution in [1.82, 2.24) is 25.1 Å². The number of aryl methyl sites for hydroxylation is 1. The molecule has 3 heterocycles. The van der Waals surface area contributed by atoms with Crippen LogP contribution in [0, 0.1) is 6.92 Å². The summed E-state index contributed by atoms with van der Waals surface area (Å²) < 4.78 is 6.08. The molecular formula is C29H32N6O2. The predicted octanol–water partition coefficient (Wildman–Crippen LogP) is 4.88. The van der Waals surface area contributed by atoms with Crippen molar-refractivity contribution < 1.29 is 9.53 Å². The van der Waals surface area contributed by atoms with E-state index in [0.717, 1.165) is 47.6 Å². The molecule has 4 aromatic rings. The van der Waals surface area contributed by atoms with Crippen LogP contribution in [0.4, 0.5) is 5.82 Å². The van der Waals surface area contributed by atoms with Crippen LogP contribution in [-0.4, -0.2) is 57.2 Å². The summed E-state index contributed by atoms with van der Waals surface area (Å²) in [6.07, 6.45) is 6.15. The standard InChI is InChI=1S/C29H32N6O2/c1-21-10-11-24(37-17-16-35-14-6-3-7-15-35)20-25(21)23-12-13-30-26(19-23)32-29(36)28-31-27(33-34-28)18-22-8-4-2-5-9-22/h2,4-5,8-13,19-20H,3,6-7,14-18H2,1H3,(H,30,32,36)(H,31,33,34). The molecule has 190 valence electrons. The number of aromatic nitrogens is 4. The minimum Gasteiger partial charge on any atom is -0.492 e. The van der Waals surface area contributed by atoms with Crippen LogP contribution in [0.25, 0.3) is 11.1 Å². The number of benzene rings is 2. The number of rotatable bonds is 9. The topological polar surface area (TPSA) is 96.0 Å². The molecule has 0 spiro atoms. The lowest BCUT2D eigenvalue weighted by Crippen LogP contribution is -2.33. The Kier molecular flexibility index (Phi) is 7.86. The number of hydrogen-bond acceptors (Lipinski definition) is 6. The summed E-state index contributed by atoms with van der Waals surface area (Å²) >= 11 is 0. The summed E-state index contributed by atoms with van der Waals surface area (Å²) in [4.78, 5) is 23.9. The summed E-state index contributed by atoms with van der Waals surface area (Å²) in [5, 5.41) is 9.75. The quantitative estimate of drug-likeness (QED) is 0.343. The number of likely N-dealkylation sites (tertiary alicyclic amines) is 1. The first kappa shape index (κ1) is 24.6. The monoisotopic (exact) mass is 496 g/mol. The zero-order valence-corrected chi connectivity index (χ0v) is 21.1. The van der Waals surface area contributed by atoms with Crippen LogP contribution >= 0.6 is 0 Å². The number of amides is 1. The first-order valence-corrected chi connectivity index (χ1v) is 12.8. The normalized spacial score (nSPS) is 13.9. The molecule has 0 radical (unpaired) electrons. The molecule has 37 heavy (non-hydrogen) atoms. The third kappa shape index (κ3) is 6.59. The minimum absolute atomic E-state index is 0.0819. The highest BCUT2D eigenvalue weighted by Gasteiger charge is 2.15. The van der Waals surface area contributed by atoms with Crippen molar-refractivity contribution in [3.63, 3.8) is 0 Å². The molecule has 1 amide bonds. The Balaban J connectivity index is 1.23. The van der Waals surface area contributed by atoms with Crippen LogP contribution in [-0.2, 0) is 6.42 Å².